The number of nitrogens with one attached hydrogen (secondary N) is 2. The maximum atomic E-state index is 6.21. The Morgan fingerprint density at radius 2 is 2.12 bits per heavy atom. The molecular formula is C19H20ClN5. The smallest absolute Gasteiger partial charge is 0.180 e. The van der Waals surface area contributed by atoms with Gasteiger partial charge < -0.3 is 10.3 Å². The van der Waals surface area contributed by atoms with E-state index < -0.39 is 0 Å². The molecule has 5 nitrogen and oxygen atoms in total. The predicted octanol–water partition coefficient (Wildman–Crippen LogP) is 4.64. The molecule has 6 heteroatoms. The lowest BCUT2D eigenvalue weighted by Gasteiger charge is -2.09. The fraction of sp³-hybridized carbons (Fsp3) is 0.263. The van der Waals surface area contributed by atoms with Crippen LogP contribution >= 0.6 is 11.6 Å². The number of benzene rings is 1. The molecule has 25 heavy (non-hydrogen) atoms. The van der Waals surface area contributed by atoms with Gasteiger partial charge in [-0.1, -0.05) is 43.6 Å². The van der Waals surface area contributed by atoms with Crippen molar-refractivity contribution in [1.29, 1.82) is 0 Å². The molecule has 128 valence electrons. The Labute approximate surface area is 151 Å². The maximum Gasteiger partial charge on any atom is 0.180 e. The van der Waals surface area contributed by atoms with E-state index in [9.17, 15) is 0 Å². The van der Waals surface area contributed by atoms with Gasteiger partial charge in [-0.25, -0.2) is 9.97 Å². The fourth-order valence-corrected chi connectivity index (χ4v) is 3.36. The van der Waals surface area contributed by atoms with Gasteiger partial charge in [0, 0.05) is 41.7 Å². The highest BCUT2D eigenvalue weighted by atomic mass is 35.5. The zero-order chi connectivity index (χ0) is 17.4. The van der Waals surface area contributed by atoms with Crippen molar-refractivity contribution in [2.24, 2.45) is 0 Å². The van der Waals surface area contributed by atoms with Gasteiger partial charge >= 0.3 is 0 Å². The second kappa shape index (κ2) is 6.41. The minimum Gasteiger partial charge on any atom is -0.367 e. The average Bonchev–Trinajstić information content (AvgIpc) is 3.19. The number of rotatable bonds is 5. The van der Waals surface area contributed by atoms with Crippen molar-refractivity contribution >= 4 is 34.0 Å². The van der Waals surface area contributed by atoms with Gasteiger partial charge in [-0.15, -0.1) is 0 Å². The van der Waals surface area contributed by atoms with Crippen LogP contribution in [0.4, 0.5) is 5.82 Å². The molecule has 0 radical (unpaired) electrons. The molecule has 3 aromatic heterocycles. The summed E-state index contributed by atoms with van der Waals surface area (Å²) in [5, 5.41) is 5.11. The van der Waals surface area contributed by atoms with Crippen LogP contribution < -0.4 is 5.32 Å². The molecule has 4 aromatic rings. The molecule has 2 N–H and O–H groups in total. The third-order valence-corrected chi connectivity index (χ3v) is 4.63. The molecule has 0 aliphatic rings. The molecule has 0 bridgehead atoms. The van der Waals surface area contributed by atoms with Crippen LogP contribution in [0.3, 0.4) is 0 Å². The summed E-state index contributed by atoms with van der Waals surface area (Å²) in [5.41, 5.74) is 4.38. The van der Waals surface area contributed by atoms with Crippen molar-refractivity contribution in [2.45, 2.75) is 26.2 Å². The van der Waals surface area contributed by atoms with Gasteiger partial charge in [0.1, 0.15) is 5.15 Å². The molecule has 0 amide bonds. The monoisotopic (exact) mass is 353 g/mol. The number of fused-ring (bicyclic) bond motifs is 2. The number of H-pyrrole nitrogens is 1. The highest BCUT2D eigenvalue weighted by molar-refractivity contribution is 6.29. The zero-order valence-electron chi connectivity index (χ0n) is 14.3. The van der Waals surface area contributed by atoms with Crippen LogP contribution in [0.1, 0.15) is 31.0 Å². The minimum atomic E-state index is 0.368. The van der Waals surface area contributed by atoms with Crippen LogP contribution in [-0.2, 0) is 6.42 Å². The van der Waals surface area contributed by atoms with E-state index in [0.29, 0.717) is 11.1 Å². The lowest BCUT2D eigenvalue weighted by Crippen LogP contribution is -2.08. The Hall–Kier alpha value is -2.53. The summed E-state index contributed by atoms with van der Waals surface area (Å²) in [6.07, 6.45) is 6.68. The van der Waals surface area contributed by atoms with Gasteiger partial charge in [-0.05, 0) is 24.0 Å². The van der Waals surface area contributed by atoms with Crippen LogP contribution in [0, 0.1) is 0 Å². The molecule has 0 spiro atoms. The minimum absolute atomic E-state index is 0.368. The van der Waals surface area contributed by atoms with Gasteiger partial charge in [-0.2, -0.15) is 0 Å². The lowest BCUT2D eigenvalue weighted by molar-refractivity contribution is 0.807. The third-order valence-electron chi connectivity index (χ3n) is 4.44. The van der Waals surface area contributed by atoms with Gasteiger partial charge in [0.15, 0.2) is 11.5 Å². The number of hydrogen-bond donors (Lipinski definition) is 2. The first-order valence-electron chi connectivity index (χ1n) is 8.46. The number of aromatic amines is 1. The van der Waals surface area contributed by atoms with Gasteiger partial charge in [0.25, 0.3) is 0 Å². The zero-order valence-corrected chi connectivity index (χ0v) is 15.0. The number of aromatic nitrogens is 4. The van der Waals surface area contributed by atoms with E-state index in [4.69, 9.17) is 11.6 Å². The van der Waals surface area contributed by atoms with E-state index in [1.165, 1.54) is 10.9 Å². The molecular weight excluding hydrogens is 334 g/mol. The Morgan fingerprint density at radius 3 is 2.96 bits per heavy atom. The summed E-state index contributed by atoms with van der Waals surface area (Å²) in [4.78, 5) is 12.2. The molecule has 0 fully saturated rings. The summed E-state index contributed by atoms with van der Waals surface area (Å²) in [6.45, 7) is 5.04. The quantitative estimate of drug-likeness (QED) is 0.549. The number of para-hydroxylation sites is 1. The van der Waals surface area contributed by atoms with Crippen molar-refractivity contribution in [3.63, 3.8) is 0 Å². The summed E-state index contributed by atoms with van der Waals surface area (Å²) in [6, 6.07) is 8.33. The van der Waals surface area contributed by atoms with Crippen LogP contribution in [0.2, 0.25) is 5.15 Å². The second-order valence-corrected chi connectivity index (χ2v) is 6.87. The molecule has 0 unspecified atom stereocenters. The average molecular weight is 354 g/mol. The number of anilines is 1. The molecule has 0 aliphatic heterocycles. The number of hydrogen-bond acceptors (Lipinski definition) is 3. The maximum absolute atomic E-state index is 6.21. The standard InChI is InChI=1S/C19H20ClN5/c1-12(2)16-10-23-19-18(24-17(20)11-25(16)19)21-8-7-13-9-22-15-6-4-3-5-14(13)15/h3-6,9-12,22H,7-8H2,1-2H3,(H,21,24). The highest BCUT2D eigenvalue weighted by Gasteiger charge is 2.13. The Morgan fingerprint density at radius 1 is 1.28 bits per heavy atom. The number of halogens is 1. The summed E-state index contributed by atoms with van der Waals surface area (Å²) in [7, 11) is 0. The Kier molecular flexibility index (Phi) is 4.09. The SMILES string of the molecule is CC(C)c1cnc2c(NCCc3c[nH]c4ccccc34)nc(Cl)cn12. The normalized spacial score (nSPS) is 11.7. The molecule has 1 aromatic carbocycles. The van der Waals surface area contributed by atoms with Crippen molar-refractivity contribution in [2.75, 3.05) is 11.9 Å². The van der Waals surface area contributed by atoms with E-state index in [1.54, 1.807) is 0 Å². The summed E-state index contributed by atoms with van der Waals surface area (Å²) in [5.74, 6) is 1.09. The first-order valence-corrected chi connectivity index (χ1v) is 8.83. The third kappa shape index (κ3) is 2.96. The Bertz CT molecular complexity index is 1030. The number of imidazole rings is 1. The molecule has 0 aliphatic carbocycles. The van der Waals surface area contributed by atoms with E-state index >= 15 is 0 Å². The molecule has 0 saturated heterocycles. The molecule has 0 atom stereocenters. The van der Waals surface area contributed by atoms with Crippen molar-refractivity contribution < 1.29 is 0 Å². The van der Waals surface area contributed by atoms with Gasteiger partial charge in [-0.3, -0.25) is 4.40 Å². The fourth-order valence-electron chi connectivity index (χ4n) is 3.18. The van der Waals surface area contributed by atoms with E-state index in [1.807, 2.05) is 22.9 Å². The first-order chi connectivity index (χ1) is 12.1. The topological polar surface area (TPSA) is 58.0 Å². The van der Waals surface area contributed by atoms with Gasteiger partial charge in [0.05, 0.1) is 0 Å². The van der Waals surface area contributed by atoms with Crippen LogP contribution in [-0.4, -0.2) is 25.9 Å². The molecule has 3 heterocycles. The first kappa shape index (κ1) is 16.0. The number of nitrogens with zero attached hydrogens (tertiary/aromatic N) is 3. The molecule has 4 rings (SSSR count). The van der Waals surface area contributed by atoms with Crippen LogP contribution in [0.15, 0.2) is 42.9 Å². The highest BCUT2D eigenvalue weighted by Crippen LogP contribution is 2.23. The van der Waals surface area contributed by atoms with E-state index in [2.05, 4.69) is 58.5 Å². The lowest BCUT2D eigenvalue weighted by atomic mass is 10.1. The van der Waals surface area contributed by atoms with E-state index in [0.717, 1.165) is 35.6 Å². The van der Waals surface area contributed by atoms with Gasteiger partial charge in [0.2, 0.25) is 0 Å². The largest absolute Gasteiger partial charge is 0.367 e. The predicted molar refractivity (Wildman–Crippen MR) is 103 cm³/mol. The summed E-state index contributed by atoms with van der Waals surface area (Å²) >= 11 is 6.21. The van der Waals surface area contributed by atoms with Crippen molar-refractivity contribution in [1.82, 2.24) is 19.4 Å². The second-order valence-electron chi connectivity index (χ2n) is 6.48. The Balaban J connectivity index is 1.57. The van der Waals surface area contributed by atoms with E-state index in [-0.39, 0.29) is 0 Å². The van der Waals surface area contributed by atoms with Crippen molar-refractivity contribution in [3.8, 4) is 0 Å². The summed E-state index contributed by atoms with van der Waals surface area (Å²) < 4.78 is 2.02. The molecule has 0 saturated carbocycles. The van der Waals surface area contributed by atoms with Crippen molar-refractivity contribution in [3.05, 3.63) is 59.3 Å². The van der Waals surface area contributed by atoms with Crippen LogP contribution in [0.5, 0.6) is 0 Å². The van der Waals surface area contributed by atoms with Crippen LogP contribution in [0.25, 0.3) is 16.6 Å².